The monoisotopic (exact) mass is 295 g/mol. The van der Waals surface area contributed by atoms with Crippen LogP contribution in [0.5, 0.6) is 0 Å². The van der Waals surface area contributed by atoms with Gasteiger partial charge in [-0.15, -0.1) is 0 Å². The van der Waals surface area contributed by atoms with Crippen molar-refractivity contribution >= 4 is 5.91 Å². The van der Waals surface area contributed by atoms with E-state index in [0.29, 0.717) is 30.2 Å². The van der Waals surface area contributed by atoms with Gasteiger partial charge in [0.1, 0.15) is 0 Å². The molecular formula is C17H29NO3. The normalized spacial score (nSPS) is 35.1. The topological polar surface area (TPSA) is 49.8 Å². The zero-order valence-corrected chi connectivity index (χ0v) is 13.0. The van der Waals surface area contributed by atoms with E-state index >= 15 is 0 Å². The summed E-state index contributed by atoms with van der Waals surface area (Å²) < 4.78 is 5.38. The molecule has 0 spiro atoms. The van der Waals surface area contributed by atoms with Crippen molar-refractivity contribution in [3.8, 4) is 0 Å². The van der Waals surface area contributed by atoms with Crippen molar-refractivity contribution in [2.45, 2.75) is 69.9 Å². The van der Waals surface area contributed by atoms with Crippen LogP contribution in [0.3, 0.4) is 0 Å². The van der Waals surface area contributed by atoms with Gasteiger partial charge in [0.15, 0.2) is 0 Å². The molecule has 4 nitrogen and oxygen atoms in total. The molecule has 1 amide bonds. The van der Waals surface area contributed by atoms with Crippen molar-refractivity contribution in [3.63, 3.8) is 0 Å². The Bertz CT molecular complexity index is 354. The zero-order valence-electron chi connectivity index (χ0n) is 13.0. The summed E-state index contributed by atoms with van der Waals surface area (Å²) in [6, 6.07) is 0.299. The molecule has 3 fully saturated rings. The summed E-state index contributed by atoms with van der Waals surface area (Å²) in [5.41, 5.74) is 0. The third-order valence-electron chi connectivity index (χ3n) is 5.70. The van der Waals surface area contributed by atoms with E-state index in [1.807, 2.05) is 0 Å². The minimum Gasteiger partial charge on any atom is -0.393 e. The van der Waals surface area contributed by atoms with E-state index in [4.69, 9.17) is 4.74 Å². The van der Waals surface area contributed by atoms with Crippen LogP contribution in [0.1, 0.15) is 57.8 Å². The highest BCUT2D eigenvalue weighted by molar-refractivity contribution is 5.77. The summed E-state index contributed by atoms with van der Waals surface area (Å²) in [5, 5.41) is 10.3. The lowest BCUT2D eigenvalue weighted by atomic mass is 9.80. The van der Waals surface area contributed by atoms with Crippen LogP contribution in [-0.2, 0) is 9.53 Å². The number of rotatable bonds is 3. The predicted octanol–water partition coefficient (Wildman–Crippen LogP) is 2.35. The summed E-state index contributed by atoms with van der Waals surface area (Å²) in [7, 11) is 0. The van der Waals surface area contributed by atoms with Crippen LogP contribution in [0.2, 0.25) is 0 Å². The Kier molecular flexibility index (Phi) is 5.17. The molecule has 3 atom stereocenters. The first kappa shape index (κ1) is 15.3. The summed E-state index contributed by atoms with van der Waals surface area (Å²) >= 11 is 0. The Morgan fingerprint density at radius 2 is 1.81 bits per heavy atom. The summed E-state index contributed by atoms with van der Waals surface area (Å²) in [6.45, 7) is 2.52. The molecule has 2 saturated heterocycles. The lowest BCUT2D eigenvalue weighted by Crippen LogP contribution is -2.45. The number of amides is 1. The van der Waals surface area contributed by atoms with Crippen molar-refractivity contribution in [2.75, 3.05) is 19.8 Å². The number of carbonyl (C=O) groups excluding carboxylic acids is 1. The molecule has 4 heteroatoms. The van der Waals surface area contributed by atoms with Crippen molar-refractivity contribution in [1.82, 2.24) is 4.90 Å². The standard InChI is InChI=1S/C17H29NO3/c19-16-6-2-1-4-14(16)15-5-3-9-18(15)17(20)12-13-7-10-21-11-8-13/h13-16,19H,1-12H2/t14-,15-,16-/m1/s1. The Morgan fingerprint density at radius 1 is 1.05 bits per heavy atom. The second-order valence-electron chi connectivity index (χ2n) is 7.07. The molecule has 120 valence electrons. The molecule has 2 heterocycles. The fourth-order valence-corrected chi connectivity index (χ4v) is 4.45. The third-order valence-corrected chi connectivity index (χ3v) is 5.70. The van der Waals surface area contributed by atoms with Crippen LogP contribution < -0.4 is 0 Å². The SMILES string of the molecule is O=C(CC1CCOCC1)N1CCC[C@@H]1[C@H]1CCCC[C@H]1O. The van der Waals surface area contributed by atoms with E-state index in [1.165, 1.54) is 6.42 Å². The molecule has 3 aliphatic rings. The van der Waals surface area contributed by atoms with Crippen molar-refractivity contribution in [3.05, 3.63) is 0 Å². The maximum Gasteiger partial charge on any atom is 0.223 e. The van der Waals surface area contributed by atoms with Gasteiger partial charge in [0.05, 0.1) is 6.10 Å². The van der Waals surface area contributed by atoms with E-state index in [2.05, 4.69) is 4.90 Å². The summed E-state index contributed by atoms with van der Waals surface area (Å²) in [6.07, 6.45) is 9.08. The predicted molar refractivity (Wildman–Crippen MR) is 80.9 cm³/mol. The van der Waals surface area contributed by atoms with E-state index < -0.39 is 0 Å². The summed E-state index contributed by atoms with van der Waals surface area (Å²) in [5.74, 6) is 1.14. The number of hydrogen-bond donors (Lipinski definition) is 1. The van der Waals surface area contributed by atoms with E-state index in [9.17, 15) is 9.90 Å². The second-order valence-corrected chi connectivity index (χ2v) is 7.07. The van der Waals surface area contributed by atoms with Crippen LogP contribution in [0.15, 0.2) is 0 Å². The van der Waals surface area contributed by atoms with Crippen LogP contribution in [-0.4, -0.2) is 47.8 Å². The van der Waals surface area contributed by atoms with Crippen molar-refractivity contribution < 1.29 is 14.6 Å². The number of carbonyl (C=O) groups is 1. The molecule has 0 aromatic heterocycles. The van der Waals surface area contributed by atoms with Gasteiger partial charge in [0, 0.05) is 38.1 Å². The molecule has 0 radical (unpaired) electrons. The van der Waals surface area contributed by atoms with Crippen LogP contribution in [0.4, 0.5) is 0 Å². The quantitative estimate of drug-likeness (QED) is 0.869. The lowest BCUT2D eigenvalue weighted by Gasteiger charge is -2.37. The van der Waals surface area contributed by atoms with Gasteiger partial charge in [-0.25, -0.2) is 0 Å². The van der Waals surface area contributed by atoms with Crippen LogP contribution in [0.25, 0.3) is 0 Å². The smallest absolute Gasteiger partial charge is 0.223 e. The van der Waals surface area contributed by atoms with E-state index in [1.54, 1.807) is 0 Å². The van der Waals surface area contributed by atoms with Gasteiger partial charge in [-0.1, -0.05) is 12.8 Å². The Balaban J connectivity index is 1.58. The molecule has 0 unspecified atom stereocenters. The molecule has 21 heavy (non-hydrogen) atoms. The fourth-order valence-electron chi connectivity index (χ4n) is 4.45. The number of likely N-dealkylation sites (tertiary alicyclic amines) is 1. The van der Waals surface area contributed by atoms with Gasteiger partial charge >= 0.3 is 0 Å². The largest absolute Gasteiger partial charge is 0.393 e. The minimum atomic E-state index is -0.194. The van der Waals surface area contributed by atoms with Crippen molar-refractivity contribution in [1.29, 1.82) is 0 Å². The molecule has 3 rings (SSSR count). The molecule has 1 saturated carbocycles. The first-order chi connectivity index (χ1) is 10.3. The number of nitrogens with zero attached hydrogens (tertiary/aromatic N) is 1. The highest BCUT2D eigenvalue weighted by Gasteiger charge is 2.39. The van der Waals surface area contributed by atoms with Gasteiger partial charge < -0.3 is 14.7 Å². The first-order valence-electron chi connectivity index (χ1n) is 8.81. The molecule has 0 bridgehead atoms. The average molecular weight is 295 g/mol. The molecule has 1 aliphatic carbocycles. The number of aliphatic hydroxyl groups is 1. The Hall–Kier alpha value is -0.610. The summed E-state index contributed by atoms with van der Waals surface area (Å²) in [4.78, 5) is 14.8. The Morgan fingerprint density at radius 3 is 2.57 bits per heavy atom. The van der Waals surface area contributed by atoms with E-state index in [-0.39, 0.29) is 6.10 Å². The highest BCUT2D eigenvalue weighted by Crippen LogP contribution is 2.35. The molecule has 2 aliphatic heterocycles. The van der Waals surface area contributed by atoms with Gasteiger partial charge in [-0.3, -0.25) is 4.79 Å². The molecule has 0 aromatic carbocycles. The van der Waals surface area contributed by atoms with Gasteiger partial charge in [0.25, 0.3) is 0 Å². The molecular weight excluding hydrogens is 266 g/mol. The maximum atomic E-state index is 12.7. The van der Waals surface area contributed by atoms with Gasteiger partial charge in [-0.05, 0) is 44.4 Å². The maximum absolute atomic E-state index is 12.7. The Labute approximate surface area is 127 Å². The van der Waals surface area contributed by atoms with E-state index in [0.717, 1.165) is 64.7 Å². The number of hydrogen-bond acceptors (Lipinski definition) is 3. The minimum absolute atomic E-state index is 0.194. The van der Waals surface area contributed by atoms with Gasteiger partial charge in [0.2, 0.25) is 5.91 Å². The van der Waals surface area contributed by atoms with Crippen molar-refractivity contribution in [2.24, 2.45) is 11.8 Å². The lowest BCUT2D eigenvalue weighted by molar-refractivity contribution is -0.136. The number of ether oxygens (including phenoxy) is 1. The zero-order chi connectivity index (χ0) is 14.7. The highest BCUT2D eigenvalue weighted by atomic mass is 16.5. The average Bonchev–Trinajstić information content (AvgIpc) is 2.98. The fraction of sp³-hybridized carbons (Fsp3) is 0.941. The van der Waals surface area contributed by atoms with Gasteiger partial charge in [-0.2, -0.15) is 0 Å². The number of aliphatic hydroxyl groups excluding tert-OH is 1. The molecule has 0 aromatic rings. The van der Waals surface area contributed by atoms with Crippen LogP contribution >= 0.6 is 0 Å². The third kappa shape index (κ3) is 3.59. The molecule has 1 N–H and O–H groups in total. The first-order valence-corrected chi connectivity index (χ1v) is 8.81. The second kappa shape index (κ2) is 7.10. The van der Waals surface area contributed by atoms with Crippen LogP contribution in [0, 0.1) is 11.8 Å².